The Morgan fingerprint density at radius 3 is 2.79 bits per heavy atom. The fraction of sp³-hybridized carbons (Fsp3) is 0.800. The minimum Gasteiger partial charge on any atom is -0.444 e. The third kappa shape index (κ3) is 4.25. The van der Waals surface area contributed by atoms with E-state index >= 15 is 0 Å². The van der Waals surface area contributed by atoms with E-state index in [0.717, 1.165) is 12.8 Å². The summed E-state index contributed by atoms with van der Waals surface area (Å²) in [5.41, 5.74) is -0.429. The van der Waals surface area contributed by atoms with Crippen LogP contribution in [-0.4, -0.2) is 30.5 Å². The highest BCUT2D eigenvalue weighted by Crippen LogP contribution is 2.08. The van der Waals surface area contributed by atoms with Gasteiger partial charge in [-0.2, -0.15) is 0 Å². The molecule has 1 aliphatic heterocycles. The molecule has 0 saturated heterocycles. The Bertz CT molecular complexity index is 231. The maximum Gasteiger partial charge on any atom is 0.407 e. The molecule has 14 heavy (non-hydrogen) atoms. The molecule has 1 heterocycles. The number of nitrogens with zero attached hydrogens (tertiary/aromatic N) is 1. The highest BCUT2D eigenvalue weighted by atomic mass is 16.6. The van der Waals surface area contributed by atoms with Crippen LogP contribution in [0.15, 0.2) is 4.99 Å². The van der Waals surface area contributed by atoms with Gasteiger partial charge in [0, 0.05) is 0 Å². The average molecular weight is 198 g/mol. The molecular formula is C10H18N2O2. The monoisotopic (exact) mass is 198 g/mol. The van der Waals surface area contributed by atoms with Crippen molar-refractivity contribution in [1.29, 1.82) is 0 Å². The molecule has 0 aromatic heterocycles. The molecule has 1 rings (SSSR count). The first-order valence-corrected chi connectivity index (χ1v) is 4.95. The summed E-state index contributed by atoms with van der Waals surface area (Å²) in [6.07, 6.45) is 3.43. The number of hydrogen-bond donors (Lipinski definition) is 1. The summed E-state index contributed by atoms with van der Waals surface area (Å²) in [6.45, 7) is 6.22. The van der Waals surface area contributed by atoms with Crippen LogP contribution in [0.2, 0.25) is 0 Å². The topological polar surface area (TPSA) is 50.7 Å². The van der Waals surface area contributed by atoms with Gasteiger partial charge in [0.05, 0.1) is 12.6 Å². The Morgan fingerprint density at radius 1 is 1.57 bits per heavy atom. The summed E-state index contributed by atoms with van der Waals surface area (Å²) in [7, 11) is 0. The number of hydrogen-bond acceptors (Lipinski definition) is 3. The lowest BCUT2D eigenvalue weighted by molar-refractivity contribution is 0.0503. The normalized spacial score (nSPS) is 21.8. The molecule has 1 atom stereocenters. The standard InChI is InChI=1S/C10H18N2O2/c1-10(2,3)14-9(13)12-8-5-4-6-11-7-8/h6,8H,4-5,7H2,1-3H3,(H,12,13)/t8-/m0/s1. The lowest BCUT2D eigenvalue weighted by Crippen LogP contribution is -2.41. The van der Waals surface area contributed by atoms with E-state index in [-0.39, 0.29) is 12.1 Å². The summed E-state index contributed by atoms with van der Waals surface area (Å²) in [5, 5.41) is 2.80. The Hall–Kier alpha value is -1.06. The zero-order valence-corrected chi connectivity index (χ0v) is 9.04. The van der Waals surface area contributed by atoms with Crippen LogP contribution in [0.4, 0.5) is 4.79 Å². The predicted octanol–water partition coefficient (Wildman–Crippen LogP) is 1.74. The van der Waals surface area contributed by atoms with Gasteiger partial charge in [-0.05, 0) is 39.8 Å². The van der Waals surface area contributed by atoms with E-state index in [0.29, 0.717) is 6.54 Å². The number of carbonyl (C=O) groups excluding carboxylic acids is 1. The lowest BCUT2D eigenvalue weighted by Gasteiger charge is -2.23. The zero-order chi connectivity index (χ0) is 10.6. The maximum atomic E-state index is 11.3. The van der Waals surface area contributed by atoms with E-state index in [1.165, 1.54) is 0 Å². The number of nitrogens with one attached hydrogen (secondary N) is 1. The molecule has 4 heteroatoms. The van der Waals surface area contributed by atoms with Crippen molar-refractivity contribution in [2.45, 2.75) is 45.3 Å². The summed E-state index contributed by atoms with van der Waals surface area (Å²) >= 11 is 0. The van der Waals surface area contributed by atoms with Gasteiger partial charge in [0.25, 0.3) is 0 Å². The van der Waals surface area contributed by atoms with Gasteiger partial charge in [0.2, 0.25) is 0 Å². The van der Waals surface area contributed by atoms with Gasteiger partial charge >= 0.3 is 6.09 Å². The van der Waals surface area contributed by atoms with Crippen molar-refractivity contribution in [3.8, 4) is 0 Å². The highest BCUT2D eigenvalue weighted by molar-refractivity contribution is 5.68. The largest absolute Gasteiger partial charge is 0.444 e. The molecule has 0 aromatic rings. The fourth-order valence-electron chi connectivity index (χ4n) is 1.25. The van der Waals surface area contributed by atoms with E-state index in [4.69, 9.17) is 4.74 Å². The summed E-state index contributed by atoms with van der Waals surface area (Å²) in [4.78, 5) is 15.5. The Morgan fingerprint density at radius 2 is 2.29 bits per heavy atom. The van der Waals surface area contributed by atoms with Gasteiger partial charge in [-0.15, -0.1) is 0 Å². The van der Waals surface area contributed by atoms with Gasteiger partial charge in [-0.3, -0.25) is 4.99 Å². The molecule has 0 unspecified atom stereocenters. The highest BCUT2D eigenvalue weighted by Gasteiger charge is 2.19. The first kappa shape index (κ1) is 11.0. The van der Waals surface area contributed by atoms with Crippen LogP contribution < -0.4 is 5.32 Å². The van der Waals surface area contributed by atoms with Gasteiger partial charge in [0.1, 0.15) is 5.60 Å². The van der Waals surface area contributed by atoms with Crippen LogP contribution in [0.3, 0.4) is 0 Å². The van der Waals surface area contributed by atoms with E-state index in [2.05, 4.69) is 10.3 Å². The van der Waals surface area contributed by atoms with Crippen LogP contribution in [0.1, 0.15) is 33.6 Å². The number of rotatable bonds is 1. The Balaban J connectivity index is 2.30. The summed E-state index contributed by atoms with van der Waals surface area (Å²) in [5.74, 6) is 0. The van der Waals surface area contributed by atoms with Crippen molar-refractivity contribution < 1.29 is 9.53 Å². The zero-order valence-electron chi connectivity index (χ0n) is 9.04. The van der Waals surface area contributed by atoms with E-state index in [1.54, 1.807) is 0 Å². The summed E-state index contributed by atoms with van der Waals surface area (Å²) in [6, 6.07) is 0.134. The van der Waals surface area contributed by atoms with Crippen LogP contribution in [0, 0.1) is 0 Å². The minimum atomic E-state index is -0.429. The van der Waals surface area contributed by atoms with E-state index in [9.17, 15) is 4.79 Å². The van der Waals surface area contributed by atoms with Crippen molar-refractivity contribution in [2.75, 3.05) is 6.54 Å². The van der Waals surface area contributed by atoms with Crippen LogP contribution in [0.25, 0.3) is 0 Å². The molecule has 1 N–H and O–H groups in total. The number of carbonyl (C=O) groups is 1. The molecule has 0 radical (unpaired) electrons. The van der Waals surface area contributed by atoms with Gasteiger partial charge in [0.15, 0.2) is 0 Å². The third-order valence-electron chi connectivity index (χ3n) is 1.82. The number of alkyl carbamates (subject to hydrolysis) is 1. The predicted molar refractivity (Wildman–Crippen MR) is 55.8 cm³/mol. The Kier molecular flexibility index (Phi) is 3.49. The fourth-order valence-corrected chi connectivity index (χ4v) is 1.25. The van der Waals surface area contributed by atoms with Crippen molar-refractivity contribution in [3.63, 3.8) is 0 Å². The van der Waals surface area contributed by atoms with Crippen molar-refractivity contribution in [2.24, 2.45) is 4.99 Å². The molecule has 0 fully saturated rings. The van der Waals surface area contributed by atoms with E-state index < -0.39 is 5.60 Å². The molecule has 0 bridgehead atoms. The molecule has 80 valence electrons. The molecule has 4 nitrogen and oxygen atoms in total. The smallest absolute Gasteiger partial charge is 0.407 e. The Labute approximate surface area is 84.7 Å². The second kappa shape index (κ2) is 4.44. The maximum absolute atomic E-state index is 11.3. The van der Waals surface area contributed by atoms with Crippen molar-refractivity contribution in [1.82, 2.24) is 5.32 Å². The van der Waals surface area contributed by atoms with Crippen LogP contribution in [0.5, 0.6) is 0 Å². The van der Waals surface area contributed by atoms with E-state index in [1.807, 2.05) is 27.0 Å². The lowest BCUT2D eigenvalue weighted by atomic mass is 10.1. The van der Waals surface area contributed by atoms with Crippen molar-refractivity contribution >= 4 is 12.3 Å². The SMILES string of the molecule is CC(C)(C)OC(=O)N[C@H]1CCC=NC1. The van der Waals surface area contributed by atoms with Crippen LogP contribution in [-0.2, 0) is 4.74 Å². The second-order valence-corrected chi connectivity index (χ2v) is 4.47. The van der Waals surface area contributed by atoms with Gasteiger partial charge in [-0.1, -0.05) is 0 Å². The number of amides is 1. The minimum absolute atomic E-state index is 0.134. The quantitative estimate of drug-likeness (QED) is 0.697. The molecular weight excluding hydrogens is 180 g/mol. The average Bonchev–Trinajstić information content (AvgIpc) is 2.02. The summed E-state index contributed by atoms with van der Waals surface area (Å²) < 4.78 is 5.14. The number of ether oxygens (including phenoxy) is 1. The first-order valence-electron chi connectivity index (χ1n) is 4.95. The number of aliphatic imine (C=N–C) groups is 1. The molecule has 0 aliphatic carbocycles. The molecule has 1 amide bonds. The van der Waals surface area contributed by atoms with Gasteiger partial charge < -0.3 is 10.1 Å². The molecule has 1 aliphatic rings. The molecule has 0 spiro atoms. The van der Waals surface area contributed by atoms with Crippen LogP contribution >= 0.6 is 0 Å². The molecule has 0 saturated carbocycles. The van der Waals surface area contributed by atoms with Gasteiger partial charge in [-0.25, -0.2) is 4.79 Å². The molecule has 0 aromatic carbocycles. The first-order chi connectivity index (χ1) is 6.47. The third-order valence-corrected chi connectivity index (χ3v) is 1.82. The second-order valence-electron chi connectivity index (χ2n) is 4.47. The van der Waals surface area contributed by atoms with Crippen molar-refractivity contribution in [3.05, 3.63) is 0 Å².